The number of rotatable bonds is 7. The van der Waals surface area contributed by atoms with E-state index in [1.54, 1.807) is 0 Å². The molecule has 2 nitrogen and oxygen atoms in total. The van der Waals surface area contributed by atoms with Crippen molar-refractivity contribution in [1.29, 1.82) is 0 Å². The smallest absolute Gasteiger partial charge is 0.220 e. The molecule has 0 aromatic rings. The van der Waals surface area contributed by atoms with Crippen LogP contribution in [0.1, 0.15) is 45.4 Å². The average Bonchev–Trinajstić information content (AvgIpc) is 2.98. The van der Waals surface area contributed by atoms with Crippen LogP contribution in [-0.2, 0) is 4.79 Å². The van der Waals surface area contributed by atoms with Crippen molar-refractivity contribution in [1.82, 2.24) is 5.32 Å². The Morgan fingerprint density at radius 2 is 2.21 bits per heavy atom. The summed E-state index contributed by atoms with van der Waals surface area (Å²) in [5.74, 6) is 1.02. The fraction of sp³-hybridized carbons (Fsp3) is 0.909. The largest absolute Gasteiger partial charge is 0.355 e. The highest BCUT2D eigenvalue weighted by Crippen LogP contribution is 2.36. The van der Waals surface area contributed by atoms with Gasteiger partial charge >= 0.3 is 0 Å². The zero-order chi connectivity index (χ0) is 10.4. The van der Waals surface area contributed by atoms with Crippen LogP contribution < -0.4 is 5.32 Å². The van der Waals surface area contributed by atoms with Crippen molar-refractivity contribution in [2.75, 3.05) is 6.54 Å². The molecule has 82 valence electrons. The Balaban J connectivity index is 1.96. The zero-order valence-electron chi connectivity index (χ0n) is 8.89. The summed E-state index contributed by atoms with van der Waals surface area (Å²) in [6, 6.07) is 0. The van der Waals surface area contributed by atoms with Gasteiger partial charge in [-0.2, -0.15) is 0 Å². The average molecular weight is 262 g/mol. The van der Waals surface area contributed by atoms with E-state index in [1.165, 1.54) is 19.3 Å². The third-order valence-corrected chi connectivity index (χ3v) is 3.71. The first-order chi connectivity index (χ1) is 6.74. The van der Waals surface area contributed by atoms with E-state index in [2.05, 4.69) is 28.2 Å². The maximum atomic E-state index is 11.3. The highest BCUT2D eigenvalue weighted by Gasteiger charge is 2.29. The Morgan fingerprint density at radius 1 is 1.50 bits per heavy atom. The third-order valence-electron chi connectivity index (χ3n) is 2.64. The van der Waals surface area contributed by atoms with Crippen LogP contribution in [0.2, 0.25) is 0 Å². The maximum Gasteiger partial charge on any atom is 0.220 e. The van der Waals surface area contributed by atoms with E-state index in [0.29, 0.717) is 11.2 Å². The fourth-order valence-electron chi connectivity index (χ4n) is 1.46. The van der Waals surface area contributed by atoms with E-state index in [0.717, 1.165) is 25.3 Å². The van der Waals surface area contributed by atoms with E-state index in [-0.39, 0.29) is 5.91 Å². The second kappa shape index (κ2) is 6.44. The molecule has 1 fully saturated rings. The molecule has 0 heterocycles. The van der Waals surface area contributed by atoms with Crippen LogP contribution in [-0.4, -0.2) is 17.3 Å². The molecule has 0 aromatic carbocycles. The molecule has 0 aliphatic heterocycles. The summed E-state index contributed by atoms with van der Waals surface area (Å²) in [7, 11) is 0. The van der Waals surface area contributed by atoms with Gasteiger partial charge in [0, 0.05) is 17.8 Å². The van der Waals surface area contributed by atoms with Crippen LogP contribution in [0.25, 0.3) is 0 Å². The first-order valence-corrected chi connectivity index (χ1v) is 6.56. The molecule has 1 N–H and O–H groups in total. The molecule has 1 aliphatic rings. The summed E-state index contributed by atoms with van der Waals surface area (Å²) in [6.07, 6.45) is 6.70. The topological polar surface area (TPSA) is 29.1 Å². The lowest BCUT2D eigenvalue weighted by molar-refractivity contribution is -0.121. The van der Waals surface area contributed by atoms with Gasteiger partial charge in [0.25, 0.3) is 0 Å². The van der Waals surface area contributed by atoms with Crippen LogP contribution in [0.15, 0.2) is 0 Å². The quantitative estimate of drug-likeness (QED) is 0.554. The lowest BCUT2D eigenvalue weighted by Gasteiger charge is -2.09. The van der Waals surface area contributed by atoms with Crippen molar-refractivity contribution in [3.05, 3.63) is 0 Å². The van der Waals surface area contributed by atoms with Crippen molar-refractivity contribution in [2.45, 2.75) is 50.3 Å². The van der Waals surface area contributed by atoms with Gasteiger partial charge in [0.05, 0.1) is 0 Å². The number of carbonyl (C=O) groups excluding carboxylic acids is 1. The van der Waals surface area contributed by atoms with Crippen LogP contribution in [0.4, 0.5) is 0 Å². The first-order valence-electron chi connectivity index (χ1n) is 5.64. The molecule has 0 saturated heterocycles. The molecule has 0 radical (unpaired) electrons. The minimum absolute atomic E-state index is 0.212. The number of unbranched alkanes of at least 4 members (excludes halogenated alkanes) is 2. The SMILES string of the molecule is CCCCCC(=O)NCC(Br)C1CC1. The molecule has 0 aromatic heterocycles. The molecule has 1 aliphatic carbocycles. The van der Waals surface area contributed by atoms with Crippen molar-refractivity contribution >= 4 is 21.8 Å². The molecule has 1 saturated carbocycles. The van der Waals surface area contributed by atoms with Gasteiger partial charge in [-0.25, -0.2) is 0 Å². The van der Waals surface area contributed by atoms with Crippen molar-refractivity contribution in [3.8, 4) is 0 Å². The van der Waals surface area contributed by atoms with Gasteiger partial charge in [-0.15, -0.1) is 0 Å². The van der Waals surface area contributed by atoms with Gasteiger partial charge in [-0.05, 0) is 25.2 Å². The van der Waals surface area contributed by atoms with E-state index in [1.807, 2.05) is 0 Å². The molecule has 1 unspecified atom stereocenters. The summed E-state index contributed by atoms with van der Waals surface area (Å²) in [5, 5.41) is 2.98. The predicted octanol–water partition coefficient (Wildman–Crippen LogP) is 2.86. The summed E-state index contributed by atoms with van der Waals surface area (Å²) in [6.45, 7) is 2.95. The molecule has 14 heavy (non-hydrogen) atoms. The fourth-order valence-corrected chi connectivity index (χ4v) is 2.15. The lowest BCUT2D eigenvalue weighted by atomic mass is 10.2. The van der Waals surface area contributed by atoms with Crippen LogP contribution in [0.3, 0.4) is 0 Å². The minimum atomic E-state index is 0.212. The number of carbonyl (C=O) groups is 1. The molecule has 3 heteroatoms. The van der Waals surface area contributed by atoms with Gasteiger partial charge in [0.1, 0.15) is 0 Å². The molecule has 1 rings (SSSR count). The molecular formula is C11H20BrNO. The van der Waals surface area contributed by atoms with Gasteiger partial charge in [0.15, 0.2) is 0 Å². The summed E-state index contributed by atoms with van der Waals surface area (Å²) in [5.41, 5.74) is 0. The van der Waals surface area contributed by atoms with Gasteiger partial charge < -0.3 is 5.32 Å². The van der Waals surface area contributed by atoms with E-state index in [9.17, 15) is 4.79 Å². The highest BCUT2D eigenvalue weighted by atomic mass is 79.9. The van der Waals surface area contributed by atoms with Crippen LogP contribution in [0.5, 0.6) is 0 Å². The Bertz CT molecular complexity index is 180. The van der Waals surface area contributed by atoms with Crippen molar-refractivity contribution < 1.29 is 4.79 Å². The number of hydrogen-bond donors (Lipinski definition) is 1. The second-order valence-electron chi connectivity index (χ2n) is 4.11. The summed E-state index contributed by atoms with van der Waals surface area (Å²) < 4.78 is 0. The number of nitrogens with one attached hydrogen (secondary N) is 1. The minimum Gasteiger partial charge on any atom is -0.355 e. The summed E-state index contributed by atoms with van der Waals surface area (Å²) in [4.78, 5) is 11.8. The second-order valence-corrected chi connectivity index (χ2v) is 5.29. The standard InChI is InChI=1S/C11H20BrNO/c1-2-3-4-5-11(14)13-8-10(12)9-6-7-9/h9-10H,2-8H2,1H3,(H,13,14). The zero-order valence-corrected chi connectivity index (χ0v) is 10.5. The predicted molar refractivity (Wildman–Crippen MR) is 62.6 cm³/mol. The van der Waals surface area contributed by atoms with Gasteiger partial charge in [-0.3, -0.25) is 4.79 Å². The Morgan fingerprint density at radius 3 is 2.79 bits per heavy atom. The highest BCUT2D eigenvalue weighted by molar-refractivity contribution is 9.09. The van der Waals surface area contributed by atoms with E-state index < -0.39 is 0 Å². The number of alkyl halides is 1. The van der Waals surface area contributed by atoms with Crippen molar-refractivity contribution in [2.24, 2.45) is 5.92 Å². The number of hydrogen-bond acceptors (Lipinski definition) is 1. The Labute approximate surface area is 95.0 Å². The Hall–Kier alpha value is -0.0500. The number of halogens is 1. The van der Waals surface area contributed by atoms with E-state index >= 15 is 0 Å². The normalized spacial score (nSPS) is 17.9. The monoisotopic (exact) mass is 261 g/mol. The molecule has 1 amide bonds. The maximum absolute atomic E-state index is 11.3. The van der Waals surface area contributed by atoms with Gasteiger partial charge in [-0.1, -0.05) is 35.7 Å². The summed E-state index contributed by atoms with van der Waals surface area (Å²) >= 11 is 3.60. The lowest BCUT2D eigenvalue weighted by Crippen LogP contribution is -2.30. The van der Waals surface area contributed by atoms with Crippen molar-refractivity contribution in [3.63, 3.8) is 0 Å². The molecule has 0 bridgehead atoms. The molecule has 1 atom stereocenters. The van der Waals surface area contributed by atoms with Gasteiger partial charge in [0.2, 0.25) is 5.91 Å². The van der Waals surface area contributed by atoms with E-state index in [4.69, 9.17) is 0 Å². The van der Waals surface area contributed by atoms with Crippen LogP contribution >= 0.6 is 15.9 Å². The third kappa shape index (κ3) is 4.99. The molecule has 0 spiro atoms. The van der Waals surface area contributed by atoms with Crippen LogP contribution in [0, 0.1) is 5.92 Å². The number of amides is 1. The Kier molecular flexibility index (Phi) is 5.53. The molecular weight excluding hydrogens is 242 g/mol. The first kappa shape index (κ1) is 12.0.